The highest BCUT2D eigenvalue weighted by Gasteiger charge is 2.22. The van der Waals surface area contributed by atoms with Crippen molar-refractivity contribution in [3.8, 4) is 0 Å². The molecule has 0 aliphatic heterocycles. The molecule has 3 N–H and O–H groups in total. The average molecular weight is 298 g/mol. The molecule has 1 fully saturated rings. The zero-order valence-electron chi connectivity index (χ0n) is 13.4. The van der Waals surface area contributed by atoms with Crippen molar-refractivity contribution in [1.82, 2.24) is 10.6 Å². The molecule has 1 rings (SSSR count). The van der Waals surface area contributed by atoms with Crippen LogP contribution in [0.15, 0.2) is 0 Å². The summed E-state index contributed by atoms with van der Waals surface area (Å²) < 4.78 is 0. The maximum atomic E-state index is 11.8. The van der Waals surface area contributed by atoms with Crippen LogP contribution in [0.4, 0.5) is 4.79 Å². The van der Waals surface area contributed by atoms with Gasteiger partial charge in [0.15, 0.2) is 0 Å². The molecule has 0 aromatic carbocycles. The van der Waals surface area contributed by atoms with Gasteiger partial charge in [-0.15, -0.1) is 0 Å². The second kappa shape index (κ2) is 9.64. The van der Waals surface area contributed by atoms with Gasteiger partial charge in [0.1, 0.15) is 0 Å². The molecule has 5 nitrogen and oxygen atoms in total. The molecular formula is C16H30N2O3. The van der Waals surface area contributed by atoms with Gasteiger partial charge in [-0.1, -0.05) is 26.7 Å². The molecule has 0 aromatic heterocycles. The van der Waals surface area contributed by atoms with Crippen LogP contribution in [0.25, 0.3) is 0 Å². The van der Waals surface area contributed by atoms with E-state index in [1.807, 2.05) is 0 Å². The first-order chi connectivity index (χ1) is 10.0. The summed E-state index contributed by atoms with van der Waals surface area (Å²) in [5.41, 5.74) is 0. The summed E-state index contributed by atoms with van der Waals surface area (Å²) >= 11 is 0. The number of aliphatic carboxylic acids is 1. The van der Waals surface area contributed by atoms with Crippen LogP contribution in [0.3, 0.4) is 0 Å². The van der Waals surface area contributed by atoms with Crippen molar-refractivity contribution in [2.45, 2.75) is 71.3 Å². The quantitative estimate of drug-likeness (QED) is 0.612. The minimum Gasteiger partial charge on any atom is -0.481 e. The summed E-state index contributed by atoms with van der Waals surface area (Å²) in [6.07, 6.45) is 7.20. The number of urea groups is 1. The predicted molar refractivity (Wildman–Crippen MR) is 83.2 cm³/mol. The van der Waals surface area contributed by atoms with Gasteiger partial charge in [-0.3, -0.25) is 4.79 Å². The van der Waals surface area contributed by atoms with Gasteiger partial charge in [-0.2, -0.15) is 0 Å². The number of rotatable bonds is 9. The summed E-state index contributed by atoms with van der Waals surface area (Å²) in [5.74, 6) is 0.357. The lowest BCUT2D eigenvalue weighted by Crippen LogP contribution is -2.41. The number of carboxylic acid groups (broad SMARTS) is 1. The Morgan fingerprint density at radius 1 is 1.24 bits per heavy atom. The lowest BCUT2D eigenvalue weighted by molar-refractivity contribution is -0.137. The minimum atomic E-state index is -0.739. The summed E-state index contributed by atoms with van der Waals surface area (Å²) in [4.78, 5) is 22.4. The Balaban J connectivity index is 2.16. The fraction of sp³-hybridized carbons (Fsp3) is 0.875. The van der Waals surface area contributed by atoms with Gasteiger partial charge in [0.2, 0.25) is 0 Å². The molecule has 3 atom stereocenters. The van der Waals surface area contributed by atoms with Crippen LogP contribution in [0.2, 0.25) is 0 Å². The standard InChI is InChI=1S/C16H30N2O3/c1-3-4-13(6-8-15(19)20)9-10-17-16(21)18-14-7-5-12(2)11-14/h12-14H,3-11H2,1-2H3,(H,19,20)(H2,17,18,21). The van der Waals surface area contributed by atoms with Crippen LogP contribution in [0.1, 0.15) is 65.2 Å². The number of carbonyl (C=O) groups excluding carboxylic acids is 1. The van der Waals surface area contributed by atoms with E-state index in [9.17, 15) is 9.59 Å². The van der Waals surface area contributed by atoms with Crippen LogP contribution < -0.4 is 10.6 Å². The van der Waals surface area contributed by atoms with E-state index in [1.54, 1.807) is 0 Å². The Bertz CT molecular complexity index is 333. The number of hydrogen-bond acceptors (Lipinski definition) is 2. The highest BCUT2D eigenvalue weighted by atomic mass is 16.4. The summed E-state index contributed by atoms with van der Waals surface area (Å²) in [6, 6.07) is 0.237. The molecule has 0 spiro atoms. The monoisotopic (exact) mass is 298 g/mol. The first kappa shape index (κ1) is 17.8. The molecule has 122 valence electrons. The van der Waals surface area contributed by atoms with Crippen molar-refractivity contribution in [2.75, 3.05) is 6.54 Å². The van der Waals surface area contributed by atoms with E-state index in [1.165, 1.54) is 6.42 Å². The van der Waals surface area contributed by atoms with E-state index >= 15 is 0 Å². The molecule has 5 heteroatoms. The van der Waals surface area contributed by atoms with E-state index in [0.29, 0.717) is 30.8 Å². The number of hydrogen-bond donors (Lipinski definition) is 3. The number of amides is 2. The molecule has 21 heavy (non-hydrogen) atoms. The van der Waals surface area contributed by atoms with Gasteiger partial charge in [-0.05, 0) is 43.9 Å². The molecule has 0 bridgehead atoms. The van der Waals surface area contributed by atoms with Crippen LogP contribution in [0.5, 0.6) is 0 Å². The van der Waals surface area contributed by atoms with Gasteiger partial charge in [0.05, 0.1) is 0 Å². The van der Waals surface area contributed by atoms with Crippen molar-refractivity contribution in [3.05, 3.63) is 0 Å². The second-order valence-electron chi connectivity index (χ2n) is 6.39. The summed E-state index contributed by atoms with van der Waals surface area (Å²) in [7, 11) is 0. The lowest BCUT2D eigenvalue weighted by atomic mass is 9.94. The third-order valence-electron chi connectivity index (χ3n) is 4.33. The third-order valence-corrected chi connectivity index (χ3v) is 4.33. The number of nitrogens with one attached hydrogen (secondary N) is 2. The Morgan fingerprint density at radius 2 is 2.00 bits per heavy atom. The molecular weight excluding hydrogens is 268 g/mol. The predicted octanol–water partition coefficient (Wildman–Crippen LogP) is 3.15. The number of carboxylic acids is 1. The van der Waals surface area contributed by atoms with Crippen molar-refractivity contribution >= 4 is 12.0 Å². The first-order valence-electron chi connectivity index (χ1n) is 8.27. The van der Waals surface area contributed by atoms with Crippen molar-refractivity contribution in [2.24, 2.45) is 11.8 Å². The van der Waals surface area contributed by atoms with E-state index in [-0.39, 0.29) is 12.5 Å². The van der Waals surface area contributed by atoms with Crippen molar-refractivity contribution in [3.63, 3.8) is 0 Å². The molecule has 1 aliphatic rings. The normalized spacial score (nSPS) is 22.8. The molecule has 2 amide bonds. The summed E-state index contributed by atoms with van der Waals surface area (Å²) in [5, 5.41) is 14.7. The Hall–Kier alpha value is -1.26. The highest BCUT2D eigenvalue weighted by molar-refractivity contribution is 5.74. The van der Waals surface area contributed by atoms with Gasteiger partial charge in [0, 0.05) is 19.0 Å². The largest absolute Gasteiger partial charge is 0.481 e. The van der Waals surface area contributed by atoms with E-state index < -0.39 is 5.97 Å². The Kier molecular flexibility index (Phi) is 8.16. The number of carbonyl (C=O) groups is 2. The SMILES string of the molecule is CCCC(CCNC(=O)NC1CCC(C)C1)CCC(=O)O. The van der Waals surface area contributed by atoms with Gasteiger partial charge < -0.3 is 15.7 Å². The third kappa shape index (κ3) is 7.93. The van der Waals surface area contributed by atoms with E-state index in [2.05, 4.69) is 24.5 Å². The van der Waals surface area contributed by atoms with Gasteiger partial charge in [0.25, 0.3) is 0 Å². The lowest BCUT2D eigenvalue weighted by Gasteiger charge is -2.17. The van der Waals surface area contributed by atoms with Gasteiger partial charge in [-0.25, -0.2) is 4.79 Å². The Morgan fingerprint density at radius 3 is 2.57 bits per heavy atom. The second-order valence-corrected chi connectivity index (χ2v) is 6.39. The molecule has 0 heterocycles. The molecule has 3 unspecified atom stereocenters. The smallest absolute Gasteiger partial charge is 0.315 e. The molecule has 0 aromatic rings. The van der Waals surface area contributed by atoms with Crippen molar-refractivity contribution < 1.29 is 14.7 Å². The highest BCUT2D eigenvalue weighted by Crippen LogP contribution is 2.24. The van der Waals surface area contributed by atoms with Crippen LogP contribution in [0, 0.1) is 11.8 Å². The topological polar surface area (TPSA) is 78.4 Å². The summed E-state index contributed by atoms with van der Waals surface area (Å²) in [6.45, 7) is 4.95. The molecule has 1 aliphatic carbocycles. The zero-order valence-corrected chi connectivity index (χ0v) is 13.4. The maximum absolute atomic E-state index is 11.8. The van der Waals surface area contributed by atoms with Crippen LogP contribution in [-0.2, 0) is 4.79 Å². The zero-order chi connectivity index (χ0) is 15.7. The Labute approximate surface area is 127 Å². The fourth-order valence-electron chi connectivity index (χ4n) is 3.13. The molecule has 1 saturated carbocycles. The maximum Gasteiger partial charge on any atom is 0.315 e. The van der Waals surface area contributed by atoms with E-state index in [0.717, 1.165) is 32.1 Å². The molecule has 0 radical (unpaired) electrons. The van der Waals surface area contributed by atoms with Crippen LogP contribution in [-0.4, -0.2) is 29.7 Å². The van der Waals surface area contributed by atoms with Crippen LogP contribution >= 0.6 is 0 Å². The average Bonchev–Trinajstić information content (AvgIpc) is 2.81. The van der Waals surface area contributed by atoms with Crippen molar-refractivity contribution in [1.29, 1.82) is 0 Å². The first-order valence-corrected chi connectivity index (χ1v) is 8.27. The minimum absolute atomic E-state index is 0.0809. The molecule has 0 saturated heterocycles. The van der Waals surface area contributed by atoms with Gasteiger partial charge >= 0.3 is 12.0 Å². The van der Waals surface area contributed by atoms with E-state index in [4.69, 9.17) is 5.11 Å². The fourth-order valence-corrected chi connectivity index (χ4v) is 3.13.